The molecule has 0 radical (unpaired) electrons. The first-order valence-electron chi connectivity index (χ1n) is 5.70. The Morgan fingerprint density at radius 3 is 2.84 bits per heavy atom. The highest BCUT2D eigenvalue weighted by Gasteiger charge is 2.10. The number of carbonyl (C=O) groups is 1. The number of amides is 1. The number of anilines is 1. The molecule has 0 atom stereocenters. The van der Waals surface area contributed by atoms with E-state index in [1.807, 2.05) is 26.0 Å². The van der Waals surface area contributed by atoms with Gasteiger partial charge >= 0.3 is 0 Å². The SMILES string of the molecule is Cc1ccc(Cl)c(NC(=O)Cc2sc(=S)[nH]c2C)c1. The molecule has 0 saturated carbocycles. The molecule has 1 amide bonds. The second-order valence-corrected chi connectivity index (χ2v) is 6.45. The summed E-state index contributed by atoms with van der Waals surface area (Å²) in [5.41, 5.74) is 2.64. The van der Waals surface area contributed by atoms with Crippen LogP contribution in [0.3, 0.4) is 0 Å². The molecule has 100 valence electrons. The second kappa shape index (κ2) is 5.86. The van der Waals surface area contributed by atoms with E-state index in [0.717, 1.165) is 16.1 Å². The summed E-state index contributed by atoms with van der Waals surface area (Å²) in [6.07, 6.45) is 0.300. The minimum absolute atomic E-state index is 0.0964. The molecule has 0 aliphatic carbocycles. The third-order valence-electron chi connectivity index (χ3n) is 2.64. The molecule has 0 saturated heterocycles. The van der Waals surface area contributed by atoms with Crippen LogP contribution in [0.2, 0.25) is 5.02 Å². The maximum atomic E-state index is 12.0. The van der Waals surface area contributed by atoms with Crippen LogP contribution in [0.1, 0.15) is 16.1 Å². The van der Waals surface area contributed by atoms with Crippen molar-refractivity contribution < 1.29 is 4.79 Å². The van der Waals surface area contributed by atoms with Gasteiger partial charge in [-0.05, 0) is 43.8 Å². The van der Waals surface area contributed by atoms with Crippen molar-refractivity contribution in [1.82, 2.24) is 4.98 Å². The van der Waals surface area contributed by atoms with Crippen molar-refractivity contribution in [1.29, 1.82) is 0 Å². The van der Waals surface area contributed by atoms with Gasteiger partial charge in [-0.1, -0.05) is 17.7 Å². The van der Waals surface area contributed by atoms with Crippen LogP contribution < -0.4 is 5.32 Å². The lowest BCUT2D eigenvalue weighted by atomic mass is 10.2. The lowest BCUT2D eigenvalue weighted by Crippen LogP contribution is -2.14. The molecule has 0 unspecified atom stereocenters. The first-order valence-corrected chi connectivity index (χ1v) is 7.30. The van der Waals surface area contributed by atoms with Gasteiger partial charge in [-0.2, -0.15) is 0 Å². The van der Waals surface area contributed by atoms with Gasteiger partial charge in [0.25, 0.3) is 0 Å². The summed E-state index contributed by atoms with van der Waals surface area (Å²) in [6.45, 7) is 3.86. The molecule has 1 aromatic heterocycles. The number of aromatic amines is 1. The van der Waals surface area contributed by atoms with E-state index < -0.39 is 0 Å². The number of hydrogen-bond acceptors (Lipinski definition) is 3. The minimum atomic E-state index is -0.0964. The molecule has 2 aromatic rings. The lowest BCUT2D eigenvalue weighted by molar-refractivity contribution is -0.115. The lowest BCUT2D eigenvalue weighted by Gasteiger charge is -2.07. The fourth-order valence-corrected chi connectivity index (χ4v) is 3.14. The van der Waals surface area contributed by atoms with Gasteiger partial charge in [0.2, 0.25) is 5.91 Å². The zero-order chi connectivity index (χ0) is 14.0. The average Bonchev–Trinajstić information content (AvgIpc) is 2.62. The Labute approximate surface area is 125 Å². The molecule has 1 heterocycles. The van der Waals surface area contributed by atoms with Crippen LogP contribution in [0.4, 0.5) is 5.69 Å². The van der Waals surface area contributed by atoms with Crippen LogP contribution in [0.5, 0.6) is 0 Å². The third kappa shape index (κ3) is 3.65. The number of benzene rings is 1. The minimum Gasteiger partial charge on any atom is -0.341 e. The smallest absolute Gasteiger partial charge is 0.229 e. The van der Waals surface area contributed by atoms with Crippen LogP contribution in [0.15, 0.2) is 18.2 Å². The standard InChI is InChI=1S/C13H13ClN2OS2/c1-7-3-4-9(14)10(5-7)16-12(17)6-11-8(2)15-13(18)19-11/h3-5H,6H2,1-2H3,(H,15,18)(H,16,17). The maximum absolute atomic E-state index is 12.0. The summed E-state index contributed by atoms with van der Waals surface area (Å²) >= 11 is 12.5. The molecule has 6 heteroatoms. The predicted octanol–water partition coefficient (Wildman–Crippen LogP) is 4.26. The third-order valence-corrected chi connectivity index (χ3v) is 4.31. The van der Waals surface area contributed by atoms with Crippen molar-refractivity contribution in [2.45, 2.75) is 20.3 Å². The van der Waals surface area contributed by atoms with Crippen molar-refractivity contribution in [2.24, 2.45) is 0 Å². The largest absolute Gasteiger partial charge is 0.341 e. The van der Waals surface area contributed by atoms with Crippen LogP contribution in [-0.4, -0.2) is 10.9 Å². The Morgan fingerprint density at radius 2 is 2.21 bits per heavy atom. The maximum Gasteiger partial charge on any atom is 0.229 e. The molecular weight excluding hydrogens is 300 g/mol. The van der Waals surface area contributed by atoms with E-state index in [0.29, 0.717) is 21.1 Å². The predicted molar refractivity (Wildman–Crippen MR) is 82.8 cm³/mol. The summed E-state index contributed by atoms with van der Waals surface area (Å²) in [7, 11) is 0. The Morgan fingerprint density at radius 1 is 1.47 bits per heavy atom. The van der Waals surface area contributed by atoms with E-state index in [2.05, 4.69) is 10.3 Å². The van der Waals surface area contributed by atoms with Crippen LogP contribution in [-0.2, 0) is 11.2 Å². The highest BCUT2D eigenvalue weighted by atomic mass is 35.5. The number of hydrogen-bond donors (Lipinski definition) is 2. The molecule has 1 aromatic carbocycles. The molecule has 0 spiro atoms. The Hall–Kier alpha value is -1.17. The first-order chi connectivity index (χ1) is 8.95. The number of aromatic nitrogens is 1. The molecule has 2 N–H and O–H groups in total. The van der Waals surface area contributed by atoms with E-state index >= 15 is 0 Å². The van der Waals surface area contributed by atoms with Gasteiger partial charge in [-0.15, -0.1) is 11.3 Å². The summed E-state index contributed by atoms with van der Waals surface area (Å²) in [5, 5.41) is 3.36. The Balaban J connectivity index is 2.11. The number of thiazole rings is 1. The summed E-state index contributed by atoms with van der Waals surface area (Å²) in [5.74, 6) is -0.0964. The first kappa shape index (κ1) is 14.2. The topological polar surface area (TPSA) is 44.9 Å². The van der Waals surface area contributed by atoms with Gasteiger partial charge in [0.05, 0.1) is 17.1 Å². The van der Waals surface area contributed by atoms with Gasteiger partial charge in [-0.3, -0.25) is 4.79 Å². The van der Waals surface area contributed by atoms with E-state index in [4.69, 9.17) is 23.8 Å². The summed E-state index contributed by atoms with van der Waals surface area (Å²) in [6, 6.07) is 5.53. The van der Waals surface area contributed by atoms with Gasteiger partial charge in [0, 0.05) is 10.6 Å². The number of halogens is 1. The van der Waals surface area contributed by atoms with Crippen molar-refractivity contribution in [3.63, 3.8) is 0 Å². The molecule has 3 nitrogen and oxygen atoms in total. The van der Waals surface area contributed by atoms with E-state index in [1.54, 1.807) is 6.07 Å². The number of H-pyrrole nitrogens is 1. The number of carbonyl (C=O) groups excluding carboxylic acids is 1. The van der Waals surface area contributed by atoms with Gasteiger partial charge in [0.1, 0.15) is 0 Å². The summed E-state index contributed by atoms with van der Waals surface area (Å²) in [4.78, 5) is 16.0. The van der Waals surface area contributed by atoms with Crippen LogP contribution >= 0.6 is 35.2 Å². The monoisotopic (exact) mass is 312 g/mol. The van der Waals surface area contributed by atoms with E-state index in [-0.39, 0.29) is 5.91 Å². The summed E-state index contributed by atoms with van der Waals surface area (Å²) < 4.78 is 0.689. The highest BCUT2D eigenvalue weighted by Crippen LogP contribution is 2.23. The molecule has 0 fully saturated rings. The van der Waals surface area contributed by atoms with Crippen molar-refractivity contribution >= 4 is 46.8 Å². The van der Waals surface area contributed by atoms with Gasteiger partial charge < -0.3 is 10.3 Å². The number of aryl methyl sites for hydroxylation is 2. The van der Waals surface area contributed by atoms with Crippen molar-refractivity contribution in [3.8, 4) is 0 Å². The molecular formula is C13H13ClN2OS2. The fourth-order valence-electron chi connectivity index (χ4n) is 1.68. The number of rotatable bonds is 3. The van der Waals surface area contributed by atoms with Crippen molar-refractivity contribution in [2.75, 3.05) is 5.32 Å². The van der Waals surface area contributed by atoms with Gasteiger partial charge in [-0.25, -0.2) is 0 Å². The van der Waals surface area contributed by atoms with Crippen LogP contribution in [0.25, 0.3) is 0 Å². The number of nitrogens with one attached hydrogen (secondary N) is 2. The average molecular weight is 313 g/mol. The Kier molecular flexibility index (Phi) is 4.39. The fraction of sp³-hybridized carbons (Fsp3) is 0.231. The van der Waals surface area contributed by atoms with Crippen molar-refractivity contribution in [3.05, 3.63) is 43.3 Å². The second-order valence-electron chi connectivity index (χ2n) is 4.27. The molecule has 0 aliphatic heterocycles. The van der Waals surface area contributed by atoms with E-state index in [9.17, 15) is 4.79 Å². The normalized spacial score (nSPS) is 10.5. The zero-order valence-corrected chi connectivity index (χ0v) is 12.9. The molecule has 0 aliphatic rings. The molecule has 19 heavy (non-hydrogen) atoms. The van der Waals surface area contributed by atoms with Gasteiger partial charge in [0.15, 0.2) is 3.95 Å². The van der Waals surface area contributed by atoms with Crippen LogP contribution in [0, 0.1) is 17.8 Å². The molecule has 0 bridgehead atoms. The zero-order valence-electron chi connectivity index (χ0n) is 10.5. The molecule has 2 rings (SSSR count). The van der Waals surface area contributed by atoms with E-state index in [1.165, 1.54) is 11.3 Å². The Bertz CT molecular complexity index is 676. The quantitative estimate of drug-likeness (QED) is 0.832. The highest BCUT2D eigenvalue weighted by molar-refractivity contribution is 7.73.